The van der Waals surface area contributed by atoms with E-state index >= 15 is 0 Å². The fourth-order valence-corrected chi connectivity index (χ4v) is 2.51. The number of benzene rings is 2. The van der Waals surface area contributed by atoms with E-state index in [1.807, 2.05) is 62.4 Å². The van der Waals surface area contributed by atoms with Crippen molar-refractivity contribution in [2.75, 3.05) is 5.32 Å². The molecule has 3 amide bonds. The van der Waals surface area contributed by atoms with Crippen LogP contribution in [0.1, 0.15) is 19.4 Å². The molecular weight excluding hydrogens is 374 g/mol. The van der Waals surface area contributed by atoms with Crippen LogP contribution >= 0.6 is 12.2 Å². The summed E-state index contributed by atoms with van der Waals surface area (Å²) in [7, 11) is 0. The molecule has 0 saturated carbocycles. The number of hydrazine groups is 1. The van der Waals surface area contributed by atoms with Gasteiger partial charge in [0.1, 0.15) is 6.04 Å². The lowest BCUT2D eigenvalue weighted by atomic mass is 10.0. The highest BCUT2D eigenvalue weighted by molar-refractivity contribution is 7.80. The third-order valence-electron chi connectivity index (χ3n) is 3.86. The molecule has 0 aromatic heterocycles. The van der Waals surface area contributed by atoms with Crippen molar-refractivity contribution in [3.05, 3.63) is 66.2 Å². The van der Waals surface area contributed by atoms with Gasteiger partial charge in [0.05, 0.1) is 0 Å². The first-order chi connectivity index (χ1) is 13.5. The molecule has 2 rings (SSSR count). The van der Waals surface area contributed by atoms with Crippen LogP contribution in [0.15, 0.2) is 60.7 Å². The van der Waals surface area contributed by atoms with Crippen LogP contribution in [0.5, 0.6) is 0 Å². The van der Waals surface area contributed by atoms with Gasteiger partial charge in [-0.15, -0.1) is 0 Å². The van der Waals surface area contributed by atoms with E-state index in [0.717, 1.165) is 5.56 Å². The van der Waals surface area contributed by atoms with Crippen LogP contribution in [0.2, 0.25) is 0 Å². The van der Waals surface area contributed by atoms with Gasteiger partial charge in [-0.05, 0) is 35.8 Å². The minimum absolute atomic E-state index is 0.117. The Kier molecular flexibility index (Phi) is 8.23. The van der Waals surface area contributed by atoms with E-state index < -0.39 is 12.1 Å². The molecule has 0 spiro atoms. The van der Waals surface area contributed by atoms with Gasteiger partial charge in [-0.3, -0.25) is 15.6 Å². The number of para-hydroxylation sites is 1. The van der Waals surface area contributed by atoms with Crippen LogP contribution in [-0.4, -0.2) is 23.1 Å². The van der Waals surface area contributed by atoms with Crippen molar-refractivity contribution >= 4 is 35.0 Å². The first-order valence-electron chi connectivity index (χ1n) is 8.96. The van der Waals surface area contributed by atoms with Crippen molar-refractivity contribution in [2.45, 2.75) is 26.4 Å². The summed E-state index contributed by atoms with van der Waals surface area (Å²) in [6.07, 6.45) is 0. The lowest BCUT2D eigenvalue weighted by molar-refractivity contribution is -0.124. The van der Waals surface area contributed by atoms with Crippen LogP contribution < -0.4 is 26.8 Å². The third-order valence-corrected chi connectivity index (χ3v) is 4.11. The summed E-state index contributed by atoms with van der Waals surface area (Å²) in [6, 6.07) is 17.6. The predicted molar refractivity (Wildman–Crippen MR) is 114 cm³/mol. The molecule has 1 unspecified atom stereocenters. The number of hydrogen-bond donors (Lipinski definition) is 5. The monoisotopic (exact) mass is 399 g/mol. The van der Waals surface area contributed by atoms with Crippen molar-refractivity contribution in [2.24, 2.45) is 5.92 Å². The molecule has 0 aliphatic rings. The molecular formula is C20H25N5O2S. The second-order valence-corrected chi connectivity index (χ2v) is 6.88. The highest BCUT2D eigenvalue weighted by Crippen LogP contribution is 2.06. The first-order valence-corrected chi connectivity index (χ1v) is 9.36. The van der Waals surface area contributed by atoms with E-state index in [-0.39, 0.29) is 16.9 Å². The molecule has 0 bridgehead atoms. The van der Waals surface area contributed by atoms with Crippen molar-refractivity contribution < 1.29 is 9.59 Å². The Morgan fingerprint density at radius 2 is 1.54 bits per heavy atom. The number of carbonyl (C=O) groups is 2. The molecule has 0 radical (unpaired) electrons. The standard InChI is InChI=1S/C20H25N5O2S/c1-14(2)17(23-19(27)22-16-11-7-4-8-12-16)18(26)24-25-20(28)21-13-15-9-5-3-6-10-15/h3-12,14,17H,13H2,1-2H3,(H,24,26)(H2,21,25,28)(H2,22,23,27). The zero-order valence-corrected chi connectivity index (χ0v) is 16.7. The van der Waals surface area contributed by atoms with Gasteiger partial charge >= 0.3 is 6.03 Å². The Hall–Kier alpha value is -3.13. The molecule has 0 aliphatic carbocycles. The average molecular weight is 400 g/mol. The van der Waals surface area contributed by atoms with Gasteiger partial charge in [-0.2, -0.15) is 0 Å². The highest BCUT2D eigenvalue weighted by Gasteiger charge is 2.24. The van der Waals surface area contributed by atoms with Gasteiger partial charge in [0.15, 0.2) is 5.11 Å². The maximum atomic E-state index is 12.4. The zero-order chi connectivity index (χ0) is 20.4. The van der Waals surface area contributed by atoms with Crippen molar-refractivity contribution in [3.63, 3.8) is 0 Å². The number of anilines is 1. The Morgan fingerprint density at radius 1 is 0.929 bits per heavy atom. The number of thiocarbonyl (C=S) groups is 1. The largest absolute Gasteiger partial charge is 0.357 e. The van der Waals surface area contributed by atoms with E-state index in [1.165, 1.54) is 0 Å². The summed E-state index contributed by atoms with van der Waals surface area (Å²) >= 11 is 5.16. The topological polar surface area (TPSA) is 94.3 Å². The quantitative estimate of drug-likeness (QED) is 0.380. The van der Waals surface area contributed by atoms with Gasteiger partial charge in [0.25, 0.3) is 5.91 Å². The van der Waals surface area contributed by atoms with Gasteiger partial charge in [-0.25, -0.2) is 4.79 Å². The van der Waals surface area contributed by atoms with Crippen molar-refractivity contribution in [1.29, 1.82) is 0 Å². The maximum absolute atomic E-state index is 12.4. The maximum Gasteiger partial charge on any atom is 0.319 e. The SMILES string of the molecule is CC(C)C(NC(=O)Nc1ccccc1)C(=O)NNC(=S)NCc1ccccc1. The minimum atomic E-state index is -0.729. The highest BCUT2D eigenvalue weighted by atomic mass is 32.1. The van der Waals surface area contributed by atoms with Crippen LogP contribution in [0.25, 0.3) is 0 Å². The summed E-state index contributed by atoms with van der Waals surface area (Å²) in [5, 5.41) is 8.66. The fourth-order valence-electron chi connectivity index (χ4n) is 2.38. The average Bonchev–Trinajstić information content (AvgIpc) is 2.70. The molecule has 7 nitrogen and oxygen atoms in total. The third kappa shape index (κ3) is 7.24. The molecule has 5 N–H and O–H groups in total. The number of hydrogen-bond acceptors (Lipinski definition) is 3. The molecule has 0 aliphatic heterocycles. The first kappa shape index (κ1) is 21.2. The van der Waals surface area contributed by atoms with E-state index in [0.29, 0.717) is 12.2 Å². The molecule has 2 aromatic rings. The Labute approximate surface area is 170 Å². The van der Waals surface area contributed by atoms with Crippen LogP contribution in [0.4, 0.5) is 10.5 Å². The zero-order valence-electron chi connectivity index (χ0n) is 15.9. The number of rotatable bonds is 6. The second kappa shape index (κ2) is 10.9. The Bertz CT molecular complexity index is 784. The number of amides is 3. The summed E-state index contributed by atoms with van der Waals surface area (Å²) in [4.78, 5) is 24.6. The Balaban J connectivity index is 1.79. The second-order valence-electron chi connectivity index (χ2n) is 6.47. The number of carbonyl (C=O) groups excluding carboxylic acids is 2. The molecule has 0 heterocycles. The lowest BCUT2D eigenvalue weighted by Crippen LogP contribution is -2.56. The summed E-state index contributed by atoms with van der Waals surface area (Å²) in [5.41, 5.74) is 6.91. The predicted octanol–water partition coefficient (Wildman–Crippen LogP) is 2.53. The Morgan fingerprint density at radius 3 is 2.14 bits per heavy atom. The summed E-state index contributed by atoms with van der Waals surface area (Å²) in [5.74, 6) is -0.503. The fraction of sp³-hybridized carbons (Fsp3) is 0.250. The van der Waals surface area contributed by atoms with Gasteiger partial charge in [0.2, 0.25) is 0 Å². The van der Waals surface area contributed by atoms with E-state index in [1.54, 1.807) is 12.1 Å². The van der Waals surface area contributed by atoms with Crippen molar-refractivity contribution in [1.82, 2.24) is 21.5 Å². The summed E-state index contributed by atoms with van der Waals surface area (Å²) < 4.78 is 0. The van der Waals surface area contributed by atoms with E-state index in [4.69, 9.17) is 12.2 Å². The smallest absolute Gasteiger partial charge is 0.319 e. The molecule has 1 atom stereocenters. The lowest BCUT2D eigenvalue weighted by Gasteiger charge is -2.22. The van der Waals surface area contributed by atoms with Gasteiger partial charge in [0, 0.05) is 12.2 Å². The van der Waals surface area contributed by atoms with Crippen LogP contribution in [0.3, 0.4) is 0 Å². The normalized spacial score (nSPS) is 11.2. The van der Waals surface area contributed by atoms with Crippen LogP contribution in [0, 0.1) is 5.92 Å². The number of nitrogens with one attached hydrogen (secondary N) is 5. The van der Waals surface area contributed by atoms with E-state index in [9.17, 15) is 9.59 Å². The van der Waals surface area contributed by atoms with E-state index in [2.05, 4.69) is 26.8 Å². The molecule has 2 aromatic carbocycles. The molecule has 0 fully saturated rings. The molecule has 8 heteroatoms. The van der Waals surface area contributed by atoms with Gasteiger partial charge < -0.3 is 16.0 Å². The summed E-state index contributed by atoms with van der Waals surface area (Å²) in [6.45, 7) is 4.23. The van der Waals surface area contributed by atoms with Crippen LogP contribution in [-0.2, 0) is 11.3 Å². The minimum Gasteiger partial charge on any atom is -0.357 e. The van der Waals surface area contributed by atoms with Gasteiger partial charge in [-0.1, -0.05) is 62.4 Å². The molecule has 0 saturated heterocycles. The molecule has 148 valence electrons. The van der Waals surface area contributed by atoms with Crippen molar-refractivity contribution in [3.8, 4) is 0 Å². The molecule has 28 heavy (non-hydrogen) atoms. The number of urea groups is 1.